The molecule has 0 bridgehead atoms. The molecule has 1 aromatic heterocycles. The van der Waals surface area contributed by atoms with Crippen LogP contribution in [0.2, 0.25) is 0 Å². The van der Waals surface area contributed by atoms with Gasteiger partial charge >= 0.3 is 0 Å². The van der Waals surface area contributed by atoms with Gasteiger partial charge in [0.15, 0.2) is 5.11 Å². The van der Waals surface area contributed by atoms with Gasteiger partial charge in [0.1, 0.15) is 13.1 Å². The summed E-state index contributed by atoms with van der Waals surface area (Å²) in [6, 6.07) is 16.7. The maximum absolute atomic E-state index is 5.53. The number of hydrogen-bond acceptors (Lipinski definition) is 2. The van der Waals surface area contributed by atoms with E-state index < -0.39 is 0 Å². The number of hydrogen-bond donors (Lipinski definition) is 1. The van der Waals surface area contributed by atoms with E-state index in [1.54, 1.807) is 0 Å². The first-order valence-electron chi connectivity index (χ1n) is 8.11. The first-order chi connectivity index (χ1) is 11.3. The zero-order chi connectivity index (χ0) is 15.9. The lowest BCUT2D eigenvalue weighted by atomic mass is 10.1. The van der Waals surface area contributed by atoms with Crippen LogP contribution < -0.4 is 15.2 Å². The molecule has 4 nitrogen and oxygen atoms in total. The molecule has 5 heteroatoms. The van der Waals surface area contributed by atoms with Crippen molar-refractivity contribution < 1.29 is 4.98 Å². The van der Waals surface area contributed by atoms with Crippen LogP contribution in [0.25, 0.3) is 0 Å². The molecule has 120 valence electrons. The van der Waals surface area contributed by atoms with Gasteiger partial charge in [-0.3, -0.25) is 4.90 Å². The summed E-state index contributed by atoms with van der Waals surface area (Å²) in [5, 5.41) is 4.26. The molecule has 1 saturated heterocycles. The summed E-state index contributed by atoms with van der Waals surface area (Å²) in [5.41, 5.74) is 1.34. The van der Waals surface area contributed by atoms with Crippen molar-refractivity contribution >= 4 is 23.1 Å². The second kappa shape index (κ2) is 7.92. The van der Waals surface area contributed by atoms with Crippen LogP contribution in [0, 0.1) is 0 Å². The van der Waals surface area contributed by atoms with E-state index in [1.807, 2.05) is 18.3 Å². The monoisotopic (exact) mass is 327 g/mol. The third kappa shape index (κ3) is 4.42. The smallest absolute Gasteiger partial charge is 0.274 e. The van der Waals surface area contributed by atoms with E-state index in [-0.39, 0.29) is 0 Å². The molecule has 2 heterocycles. The molecule has 2 N–H and O–H groups in total. The van der Waals surface area contributed by atoms with E-state index >= 15 is 0 Å². The quantitative estimate of drug-likeness (QED) is 0.867. The predicted octanol–water partition coefficient (Wildman–Crippen LogP) is 1.74. The van der Waals surface area contributed by atoms with Crippen molar-refractivity contribution in [1.82, 2.24) is 10.2 Å². The van der Waals surface area contributed by atoms with Gasteiger partial charge < -0.3 is 10.2 Å². The number of pyridine rings is 1. The molecule has 1 aliphatic heterocycles. The minimum atomic E-state index is 0.873. The first kappa shape index (κ1) is 15.7. The summed E-state index contributed by atoms with van der Waals surface area (Å²) in [5.74, 6) is 1.18. The van der Waals surface area contributed by atoms with Gasteiger partial charge in [-0.05, 0) is 30.3 Å². The molecule has 0 radical (unpaired) electrons. The molecule has 0 atom stereocenters. The largest absolute Gasteiger partial charge is 0.362 e. The minimum absolute atomic E-state index is 0.873. The van der Waals surface area contributed by atoms with Gasteiger partial charge in [-0.2, -0.15) is 0 Å². The van der Waals surface area contributed by atoms with Crippen LogP contribution in [0.3, 0.4) is 0 Å². The summed E-state index contributed by atoms with van der Waals surface area (Å²) < 4.78 is 0. The number of H-pyrrole nitrogens is 1. The lowest BCUT2D eigenvalue weighted by Crippen LogP contribution is -2.52. The number of benzene rings is 1. The van der Waals surface area contributed by atoms with E-state index in [1.165, 1.54) is 11.4 Å². The minimum Gasteiger partial charge on any atom is -0.362 e. The highest BCUT2D eigenvalue weighted by Crippen LogP contribution is 2.10. The second-order valence-corrected chi connectivity index (χ2v) is 6.08. The van der Waals surface area contributed by atoms with Crippen LogP contribution in [0.5, 0.6) is 0 Å². The summed E-state index contributed by atoms with van der Waals surface area (Å²) >= 11 is 5.53. The maximum Gasteiger partial charge on any atom is 0.274 e. The lowest BCUT2D eigenvalue weighted by Gasteiger charge is -2.32. The van der Waals surface area contributed by atoms with E-state index in [0.717, 1.165) is 44.3 Å². The van der Waals surface area contributed by atoms with Gasteiger partial charge in [-0.15, -0.1) is 0 Å². The Labute approximate surface area is 143 Å². The van der Waals surface area contributed by atoms with Crippen molar-refractivity contribution in [3.05, 3.63) is 60.3 Å². The van der Waals surface area contributed by atoms with E-state index in [9.17, 15) is 0 Å². The lowest BCUT2D eigenvalue weighted by molar-refractivity contribution is -0.364. The van der Waals surface area contributed by atoms with Crippen LogP contribution >= 0.6 is 12.2 Å². The second-order valence-electron chi connectivity index (χ2n) is 5.69. The number of rotatable bonds is 4. The molecular formula is C18H23N4S+. The van der Waals surface area contributed by atoms with Gasteiger partial charge in [0, 0.05) is 12.6 Å². The molecule has 0 unspecified atom stereocenters. The fraction of sp³-hybridized carbons (Fsp3) is 0.333. The number of nitrogens with one attached hydrogen (secondary N) is 2. The predicted molar refractivity (Wildman–Crippen MR) is 97.5 cm³/mol. The van der Waals surface area contributed by atoms with E-state index in [0.29, 0.717) is 0 Å². The van der Waals surface area contributed by atoms with E-state index in [2.05, 4.69) is 56.5 Å². The molecule has 2 aromatic rings. The molecule has 0 saturated carbocycles. The van der Waals surface area contributed by atoms with Crippen molar-refractivity contribution in [2.75, 3.05) is 37.6 Å². The summed E-state index contributed by atoms with van der Waals surface area (Å²) in [4.78, 5) is 7.92. The zero-order valence-corrected chi connectivity index (χ0v) is 14.1. The Bertz CT molecular complexity index is 609. The molecule has 1 aliphatic rings. The average Bonchev–Trinajstić information content (AvgIpc) is 2.63. The molecule has 3 rings (SSSR count). The Kier molecular flexibility index (Phi) is 5.42. The number of aromatic nitrogens is 1. The highest BCUT2D eigenvalue weighted by molar-refractivity contribution is 7.80. The molecule has 0 spiro atoms. The number of nitrogens with zero attached hydrogens (tertiary/aromatic N) is 2. The first-order valence-corrected chi connectivity index (χ1v) is 8.52. The van der Waals surface area contributed by atoms with Gasteiger partial charge in [0.05, 0.1) is 19.3 Å². The maximum atomic E-state index is 5.53. The van der Waals surface area contributed by atoms with E-state index in [4.69, 9.17) is 12.2 Å². The summed E-state index contributed by atoms with van der Waals surface area (Å²) in [6.07, 6.45) is 2.97. The Hall–Kier alpha value is -2.14. The normalized spacial score (nSPS) is 14.6. The number of piperazine rings is 1. The molecule has 1 fully saturated rings. The number of anilines is 1. The Balaban J connectivity index is 1.41. The Morgan fingerprint density at radius 3 is 2.43 bits per heavy atom. The summed E-state index contributed by atoms with van der Waals surface area (Å²) in [6.45, 7) is 4.78. The van der Waals surface area contributed by atoms with Crippen LogP contribution in [0.1, 0.15) is 5.56 Å². The molecule has 1 aromatic carbocycles. The third-order valence-electron chi connectivity index (χ3n) is 4.13. The molecule has 0 aliphatic carbocycles. The number of thiocarbonyl (C=S) groups is 1. The van der Waals surface area contributed by atoms with Gasteiger partial charge in [-0.25, -0.2) is 4.98 Å². The standard InChI is InChI=1S/C18H22N4S/c23-18(20-11-9-16-6-2-1-3-7-16)22-14-12-21(13-15-22)17-8-4-5-10-19-17/h1-8,10H,9,11-15H2,(H,20,23)/p+1. The average molecular weight is 327 g/mol. The van der Waals surface area contributed by atoms with Gasteiger partial charge in [-0.1, -0.05) is 36.4 Å². The topological polar surface area (TPSA) is 32.6 Å². The Morgan fingerprint density at radius 2 is 1.74 bits per heavy atom. The van der Waals surface area contributed by atoms with Crippen molar-refractivity contribution in [3.8, 4) is 0 Å². The Morgan fingerprint density at radius 1 is 1.00 bits per heavy atom. The highest BCUT2D eigenvalue weighted by atomic mass is 32.1. The fourth-order valence-corrected chi connectivity index (χ4v) is 3.09. The highest BCUT2D eigenvalue weighted by Gasteiger charge is 2.24. The molecular weight excluding hydrogens is 304 g/mol. The van der Waals surface area contributed by atoms with Crippen LogP contribution in [0.15, 0.2) is 54.7 Å². The van der Waals surface area contributed by atoms with Crippen LogP contribution in [-0.2, 0) is 6.42 Å². The van der Waals surface area contributed by atoms with Crippen LogP contribution in [0.4, 0.5) is 5.82 Å². The SMILES string of the molecule is S=C(NCCc1ccccc1)N1CCN(c2cccc[nH+]2)CC1. The zero-order valence-electron chi connectivity index (χ0n) is 13.2. The van der Waals surface area contributed by atoms with Crippen molar-refractivity contribution in [3.63, 3.8) is 0 Å². The van der Waals surface area contributed by atoms with Crippen LogP contribution in [-0.4, -0.2) is 42.7 Å². The van der Waals surface area contributed by atoms with Gasteiger partial charge in [0.25, 0.3) is 5.82 Å². The third-order valence-corrected chi connectivity index (χ3v) is 4.54. The number of aromatic amines is 1. The van der Waals surface area contributed by atoms with Crippen molar-refractivity contribution in [2.24, 2.45) is 0 Å². The van der Waals surface area contributed by atoms with Crippen molar-refractivity contribution in [2.45, 2.75) is 6.42 Å². The van der Waals surface area contributed by atoms with Crippen molar-refractivity contribution in [1.29, 1.82) is 0 Å². The fourth-order valence-electron chi connectivity index (χ4n) is 2.80. The molecule has 23 heavy (non-hydrogen) atoms. The van der Waals surface area contributed by atoms with Gasteiger partial charge in [0.2, 0.25) is 0 Å². The summed E-state index contributed by atoms with van der Waals surface area (Å²) in [7, 11) is 0. The molecule has 0 amide bonds.